The normalized spacial score (nSPS) is 13.1. The van der Waals surface area contributed by atoms with Crippen LogP contribution in [0.2, 0.25) is 0 Å². The maximum Gasteiger partial charge on any atom is 0.419 e. The summed E-state index contributed by atoms with van der Waals surface area (Å²) in [5, 5.41) is 8.35. The molecule has 3 rings (SSSR count). The number of ether oxygens (including phenoxy) is 3. The molecule has 0 aliphatic carbocycles. The molecule has 0 spiro atoms. The van der Waals surface area contributed by atoms with Crippen LogP contribution in [0, 0.1) is 0 Å². The van der Waals surface area contributed by atoms with Gasteiger partial charge in [0.1, 0.15) is 42.0 Å². The Balaban J connectivity index is 1.81. The first-order valence-electron chi connectivity index (χ1n) is 15.9. The lowest BCUT2D eigenvalue weighted by Gasteiger charge is -2.27. The molecule has 48 heavy (non-hydrogen) atoms. The van der Waals surface area contributed by atoms with Crippen molar-refractivity contribution in [1.29, 1.82) is 0 Å². The Hall–Kier alpha value is -4.87. The van der Waals surface area contributed by atoms with Gasteiger partial charge in [0.15, 0.2) is 0 Å². The van der Waals surface area contributed by atoms with Crippen molar-refractivity contribution in [2.24, 2.45) is 0 Å². The van der Waals surface area contributed by atoms with Crippen LogP contribution in [0.15, 0.2) is 67.1 Å². The number of hydrogen-bond acceptors (Lipinski definition) is 8. The molecule has 0 aliphatic heterocycles. The molecule has 0 bridgehead atoms. The van der Waals surface area contributed by atoms with Crippen molar-refractivity contribution in [3.05, 3.63) is 83.9 Å². The Bertz CT molecular complexity index is 1530. The van der Waals surface area contributed by atoms with Crippen LogP contribution in [0.1, 0.15) is 79.1 Å². The number of imidazole rings is 1. The van der Waals surface area contributed by atoms with E-state index in [9.17, 15) is 19.2 Å². The topological polar surface area (TPSA) is 150 Å². The number of carbonyl (C=O) groups excluding carboxylic acids is 4. The lowest BCUT2D eigenvalue weighted by molar-refractivity contribution is -0.130. The Labute approximate surface area is 282 Å². The van der Waals surface area contributed by atoms with Gasteiger partial charge in [0.2, 0.25) is 11.8 Å². The summed E-state index contributed by atoms with van der Waals surface area (Å²) in [4.78, 5) is 56.9. The highest BCUT2D eigenvalue weighted by Crippen LogP contribution is 2.17. The molecule has 0 saturated carbocycles. The second-order valence-electron chi connectivity index (χ2n) is 14.6. The largest absolute Gasteiger partial charge is 0.489 e. The summed E-state index contributed by atoms with van der Waals surface area (Å²) in [6.07, 6.45) is 1.31. The smallest absolute Gasteiger partial charge is 0.419 e. The van der Waals surface area contributed by atoms with Crippen molar-refractivity contribution in [2.75, 3.05) is 0 Å². The van der Waals surface area contributed by atoms with E-state index in [0.717, 1.165) is 15.7 Å². The second-order valence-corrected chi connectivity index (χ2v) is 14.6. The number of carbonyl (C=O) groups is 4. The van der Waals surface area contributed by atoms with Crippen LogP contribution in [0.5, 0.6) is 5.75 Å². The molecule has 0 unspecified atom stereocenters. The predicted octanol–water partition coefficient (Wildman–Crippen LogP) is 5.32. The minimum atomic E-state index is -1.19. The van der Waals surface area contributed by atoms with Crippen molar-refractivity contribution in [3.63, 3.8) is 0 Å². The number of aromatic nitrogens is 2. The molecule has 0 saturated heterocycles. The van der Waals surface area contributed by atoms with Gasteiger partial charge in [-0.25, -0.2) is 19.1 Å². The molecule has 12 heteroatoms. The Morgan fingerprint density at radius 1 is 0.729 bits per heavy atom. The Morgan fingerprint density at radius 2 is 1.33 bits per heavy atom. The van der Waals surface area contributed by atoms with Crippen molar-refractivity contribution in [1.82, 2.24) is 25.5 Å². The van der Waals surface area contributed by atoms with E-state index in [1.165, 1.54) is 12.5 Å². The lowest BCUT2D eigenvalue weighted by atomic mass is 10.0. The monoisotopic (exact) mass is 663 g/mol. The third-order valence-corrected chi connectivity index (χ3v) is 6.40. The molecule has 0 aliphatic rings. The highest BCUT2D eigenvalue weighted by molar-refractivity contribution is 5.92. The van der Waals surface area contributed by atoms with Gasteiger partial charge in [0.25, 0.3) is 0 Å². The highest BCUT2D eigenvalue weighted by atomic mass is 16.6. The minimum absolute atomic E-state index is 0.0953. The summed E-state index contributed by atoms with van der Waals surface area (Å²) in [6, 6.07) is 14.9. The molecule has 0 fully saturated rings. The fourth-order valence-corrected chi connectivity index (χ4v) is 4.39. The second kappa shape index (κ2) is 15.8. The third-order valence-electron chi connectivity index (χ3n) is 6.40. The zero-order valence-electron chi connectivity index (χ0n) is 29.4. The summed E-state index contributed by atoms with van der Waals surface area (Å²) in [6.45, 7) is 16.3. The zero-order chi connectivity index (χ0) is 35.7. The lowest BCUT2D eigenvalue weighted by Crippen LogP contribution is -2.57. The van der Waals surface area contributed by atoms with Crippen molar-refractivity contribution in [2.45, 2.75) is 111 Å². The number of benzene rings is 2. The van der Waals surface area contributed by atoms with Crippen LogP contribution in [-0.2, 0) is 38.5 Å². The van der Waals surface area contributed by atoms with E-state index in [-0.39, 0.29) is 12.8 Å². The van der Waals surface area contributed by atoms with Crippen LogP contribution in [-0.4, -0.2) is 62.4 Å². The van der Waals surface area contributed by atoms with Gasteiger partial charge < -0.3 is 30.2 Å². The minimum Gasteiger partial charge on any atom is -0.489 e. The van der Waals surface area contributed by atoms with Gasteiger partial charge in [-0.05, 0) is 85.6 Å². The molecule has 1 aromatic heterocycles. The molecule has 2 atom stereocenters. The number of nitrogens with one attached hydrogen (secondary N) is 3. The maximum absolute atomic E-state index is 13.8. The van der Waals surface area contributed by atoms with E-state index in [1.54, 1.807) is 41.5 Å². The first kappa shape index (κ1) is 37.6. The quantitative estimate of drug-likeness (QED) is 0.250. The summed E-state index contributed by atoms with van der Waals surface area (Å²) in [5.41, 5.74) is 0.0330. The van der Waals surface area contributed by atoms with E-state index in [0.29, 0.717) is 18.1 Å². The van der Waals surface area contributed by atoms with Crippen molar-refractivity contribution >= 4 is 24.0 Å². The van der Waals surface area contributed by atoms with Gasteiger partial charge >= 0.3 is 12.2 Å². The average molecular weight is 664 g/mol. The first-order valence-corrected chi connectivity index (χ1v) is 15.9. The first-order chi connectivity index (χ1) is 22.3. The molecular formula is C36H49N5O7. The van der Waals surface area contributed by atoms with Crippen LogP contribution in [0.3, 0.4) is 0 Å². The molecule has 3 N–H and O–H groups in total. The van der Waals surface area contributed by atoms with Gasteiger partial charge in [-0.2, -0.15) is 0 Å². The average Bonchev–Trinajstić information content (AvgIpc) is 3.43. The molecular weight excluding hydrogens is 614 g/mol. The van der Waals surface area contributed by atoms with Crippen LogP contribution >= 0.6 is 0 Å². The van der Waals surface area contributed by atoms with Crippen LogP contribution < -0.4 is 20.7 Å². The van der Waals surface area contributed by atoms with Crippen LogP contribution in [0.25, 0.3) is 0 Å². The van der Waals surface area contributed by atoms with Gasteiger partial charge in [-0.1, -0.05) is 42.5 Å². The number of amides is 3. The molecule has 1 heterocycles. The number of nitrogens with zero attached hydrogens (tertiary/aromatic N) is 2. The fraction of sp³-hybridized carbons (Fsp3) is 0.472. The van der Waals surface area contributed by atoms with E-state index in [1.807, 2.05) is 75.4 Å². The van der Waals surface area contributed by atoms with E-state index in [2.05, 4.69) is 20.9 Å². The number of hydrogen-bond donors (Lipinski definition) is 3. The molecule has 12 nitrogen and oxygen atoms in total. The standard InChI is InChI=1S/C36H49N5O7/c1-34(2,3)40-31(43)28(19-24-15-17-27(18-16-24)46-22-25-13-11-10-12-14-25)38-30(42)29(39-32(44)47-35(4,5)6)20-26-21-41(23-37-26)33(45)48-36(7,8)9/h10-18,21,23,28-29H,19-20,22H2,1-9H3,(H,38,42)(H,39,44)(H,40,43)/t28-,29+/m0/s1. The SMILES string of the molecule is CC(C)(C)NC(=O)[C@H](Cc1ccc(OCc2ccccc2)cc1)NC(=O)[C@@H](Cc1cn(C(=O)OC(C)(C)C)cn1)NC(=O)OC(C)(C)C. The summed E-state index contributed by atoms with van der Waals surface area (Å²) < 4.78 is 17.8. The van der Waals surface area contributed by atoms with Gasteiger partial charge in [-0.3, -0.25) is 9.59 Å². The third kappa shape index (κ3) is 13.5. The summed E-state index contributed by atoms with van der Waals surface area (Å²) in [7, 11) is 0. The maximum atomic E-state index is 13.8. The molecule has 260 valence electrons. The summed E-state index contributed by atoms with van der Waals surface area (Å²) >= 11 is 0. The van der Waals surface area contributed by atoms with E-state index < -0.39 is 52.8 Å². The predicted molar refractivity (Wildman–Crippen MR) is 181 cm³/mol. The van der Waals surface area contributed by atoms with Crippen molar-refractivity contribution in [3.8, 4) is 5.75 Å². The number of alkyl carbamates (subject to hydrolysis) is 1. The van der Waals surface area contributed by atoms with Gasteiger partial charge in [0.05, 0.1) is 5.69 Å². The van der Waals surface area contributed by atoms with E-state index in [4.69, 9.17) is 14.2 Å². The van der Waals surface area contributed by atoms with Crippen molar-refractivity contribution < 1.29 is 33.4 Å². The van der Waals surface area contributed by atoms with Crippen LogP contribution in [0.4, 0.5) is 9.59 Å². The molecule has 3 amide bonds. The number of rotatable bonds is 11. The Kier molecular flexibility index (Phi) is 12.4. The van der Waals surface area contributed by atoms with E-state index >= 15 is 0 Å². The van der Waals surface area contributed by atoms with Gasteiger partial charge in [-0.15, -0.1) is 0 Å². The molecule has 3 aromatic rings. The highest BCUT2D eigenvalue weighted by Gasteiger charge is 2.31. The van der Waals surface area contributed by atoms with Gasteiger partial charge in [0, 0.05) is 24.6 Å². The molecule has 0 radical (unpaired) electrons. The fourth-order valence-electron chi connectivity index (χ4n) is 4.39. The molecule has 2 aromatic carbocycles. The Morgan fingerprint density at radius 3 is 1.92 bits per heavy atom. The summed E-state index contributed by atoms with van der Waals surface area (Å²) in [5.74, 6) is -0.371. The zero-order valence-corrected chi connectivity index (χ0v) is 29.4.